The van der Waals surface area contributed by atoms with Crippen molar-refractivity contribution in [3.05, 3.63) is 17.2 Å². The summed E-state index contributed by atoms with van der Waals surface area (Å²) in [4.78, 5) is 13.2. The number of benzene rings is 1. The number of aliphatic hydroxyl groups is 3. The third kappa shape index (κ3) is 9.96. The standard InChI is InChI=1S/C34H56O9/c1-4-6-8-10-12-14-16-18-20-40-25-22-24-27(32-33(43-34(24)38)29(37)28(36)26(23-35)42-32)31(30(25)39-3)41-21-19-17-15-13-11-9-7-5-2/h22,26,28-29,32-33,35-37H,4-21,23H2,1-3H3/t26-,28-,29+,32+,33-/m1/s1. The average Bonchev–Trinajstić information content (AvgIpc) is 3.01. The smallest absolute Gasteiger partial charge is 0.339 e. The van der Waals surface area contributed by atoms with Gasteiger partial charge < -0.3 is 39.0 Å². The van der Waals surface area contributed by atoms with Gasteiger partial charge in [-0.1, -0.05) is 104 Å². The van der Waals surface area contributed by atoms with Gasteiger partial charge in [0.1, 0.15) is 24.4 Å². The Morgan fingerprint density at radius 2 is 1.28 bits per heavy atom. The van der Waals surface area contributed by atoms with E-state index in [9.17, 15) is 20.1 Å². The molecule has 1 fully saturated rings. The maximum absolute atomic E-state index is 13.2. The highest BCUT2D eigenvalue weighted by molar-refractivity contribution is 5.95. The lowest BCUT2D eigenvalue weighted by atomic mass is 9.86. The normalized spacial score (nSPS) is 22.9. The Bertz CT molecular complexity index is 952. The van der Waals surface area contributed by atoms with Gasteiger partial charge in [-0.05, 0) is 18.9 Å². The molecule has 3 N–H and O–H groups in total. The van der Waals surface area contributed by atoms with Gasteiger partial charge in [-0.2, -0.15) is 0 Å². The van der Waals surface area contributed by atoms with E-state index in [2.05, 4.69) is 13.8 Å². The molecule has 0 saturated carbocycles. The van der Waals surface area contributed by atoms with Gasteiger partial charge in [0.15, 0.2) is 17.6 Å². The average molecular weight is 609 g/mol. The summed E-state index contributed by atoms with van der Waals surface area (Å²) in [5.41, 5.74) is 0.598. The van der Waals surface area contributed by atoms with E-state index in [4.69, 9.17) is 23.7 Å². The van der Waals surface area contributed by atoms with Gasteiger partial charge in [0.05, 0.1) is 32.5 Å². The van der Waals surface area contributed by atoms with Crippen molar-refractivity contribution in [3.8, 4) is 17.2 Å². The zero-order valence-corrected chi connectivity index (χ0v) is 26.7. The van der Waals surface area contributed by atoms with Gasteiger partial charge in [-0.15, -0.1) is 0 Å². The number of carbonyl (C=O) groups excluding carboxylic acids is 1. The molecule has 43 heavy (non-hydrogen) atoms. The zero-order chi connectivity index (χ0) is 31.0. The Labute approximate surface area is 258 Å². The molecule has 0 aromatic heterocycles. The molecule has 1 saturated heterocycles. The minimum atomic E-state index is -1.43. The number of hydrogen-bond acceptors (Lipinski definition) is 9. The maximum atomic E-state index is 13.2. The number of aliphatic hydroxyl groups excluding tert-OH is 3. The summed E-state index contributed by atoms with van der Waals surface area (Å²) in [6, 6.07) is 1.59. The molecule has 3 rings (SSSR count). The lowest BCUT2D eigenvalue weighted by Crippen LogP contribution is -2.58. The number of carbonyl (C=O) groups is 1. The van der Waals surface area contributed by atoms with E-state index in [-0.39, 0.29) is 5.56 Å². The van der Waals surface area contributed by atoms with Crippen LogP contribution in [0.4, 0.5) is 0 Å². The minimum absolute atomic E-state index is 0.208. The van der Waals surface area contributed by atoms with Crippen molar-refractivity contribution in [2.24, 2.45) is 0 Å². The highest BCUT2D eigenvalue weighted by Gasteiger charge is 2.52. The van der Waals surface area contributed by atoms with Crippen LogP contribution in [-0.2, 0) is 9.47 Å². The third-order valence-electron chi connectivity index (χ3n) is 8.56. The molecule has 0 spiro atoms. The van der Waals surface area contributed by atoms with Crippen molar-refractivity contribution in [1.82, 2.24) is 0 Å². The van der Waals surface area contributed by atoms with Crippen LogP contribution in [0.25, 0.3) is 0 Å². The van der Waals surface area contributed by atoms with Crippen molar-refractivity contribution < 1.29 is 43.8 Å². The lowest BCUT2D eigenvalue weighted by molar-refractivity contribution is -0.235. The lowest BCUT2D eigenvalue weighted by Gasteiger charge is -2.44. The fourth-order valence-electron chi connectivity index (χ4n) is 6.00. The van der Waals surface area contributed by atoms with Crippen LogP contribution in [0, 0.1) is 0 Å². The predicted octanol–water partition coefficient (Wildman–Crippen LogP) is 6.43. The van der Waals surface area contributed by atoms with Crippen LogP contribution < -0.4 is 14.2 Å². The molecule has 2 aliphatic heterocycles. The van der Waals surface area contributed by atoms with Crippen LogP contribution >= 0.6 is 0 Å². The molecule has 5 atom stereocenters. The Balaban J connectivity index is 1.75. The van der Waals surface area contributed by atoms with E-state index < -0.39 is 43.1 Å². The minimum Gasteiger partial charge on any atom is -0.490 e. The zero-order valence-electron chi connectivity index (χ0n) is 26.7. The quantitative estimate of drug-likeness (QED) is 0.101. The first-order chi connectivity index (χ1) is 21.0. The van der Waals surface area contributed by atoms with E-state index in [1.54, 1.807) is 6.07 Å². The Hall–Kier alpha value is -2.07. The van der Waals surface area contributed by atoms with Crippen LogP contribution in [0.3, 0.4) is 0 Å². The van der Waals surface area contributed by atoms with Gasteiger partial charge in [0.2, 0.25) is 5.75 Å². The molecule has 2 aliphatic rings. The summed E-state index contributed by atoms with van der Waals surface area (Å²) in [7, 11) is 1.53. The summed E-state index contributed by atoms with van der Waals surface area (Å²) in [5.74, 6) is 0.405. The third-order valence-corrected chi connectivity index (χ3v) is 8.56. The fourth-order valence-corrected chi connectivity index (χ4v) is 6.00. The van der Waals surface area contributed by atoms with E-state index in [0.29, 0.717) is 36.0 Å². The Morgan fingerprint density at radius 3 is 1.81 bits per heavy atom. The van der Waals surface area contributed by atoms with E-state index in [0.717, 1.165) is 38.5 Å². The summed E-state index contributed by atoms with van der Waals surface area (Å²) < 4.78 is 29.9. The summed E-state index contributed by atoms with van der Waals surface area (Å²) in [6.45, 7) is 4.81. The Morgan fingerprint density at radius 1 is 0.744 bits per heavy atom. The monoisotopic (exact) mass is 608 g/mol. The van der Waals surface area contributed by atoms with Crippen LogP contribution in [0.15, 0.2) is 6.07 Å². The van der Waals surface area contributed by atoms with Crippen molar-refractivity contribution >= 4 is 5.97 Å². The van der Waals surface area contributed by atoms with Gasteiger partial charge in [-0.25, -0.2) is 4.79 Å². The van der Waals surface area contributed by atoms with Crippen LogP contribution in [0.2, 0.25) is 0 Å². The van der Waals surface area contributed by atoms with Crippen molar-refractivity contribution in [1.29, 1.82) is 0 Å². The first kappa shape index (κ1) is 35.4. The molecule has 0 unspecified atom stereocenters. The largest absolute Gasteiger partial charge is 0.490 e. The Kier molecular flexibility index (Phi) is 15.9. The van der Waals surface area contributed by atoms with E-state index >= 15 is 0 Å². The van der Waals surface area contributed by atoms with E-state index in [1.807, 2.05) is 0 Å². The molecular weight excluding hydrogens is 552 g/mol. The van der Waals surface area contributed by atoms with Gasteiger partial charge in [-0.3, -0.25) is 0 Å². The summed E-state index contributed by atoms with van der Waals surface area (Å²) in [6.07, 6.45) is 12.6. The van der Waals surface area contributed by atoms with Crippen LogP contribution in [0.5, 0.6) is 17.2 Å². The molecule has 9 heteroatoms. The van der Waals surface area contributed by atoms with Crippen molar-refractivity contribution in [2.45, 2.75) is 147 Å². The second kappa shape index (κ2) is 19.3. The van der Waals surface area contributed by atoms with Crippen molar-refractivity contribution in [2.75, 3.05) is 26.9 Å². The number of esters is 1. The van der Waals surface area contributed by atoms with E-state index in [1.165, 1.54) is 71.3 Å². The SMILES string of the molecule is CCCCCCCCCCOc1cc2c(c(OCCCCCCCCCC)c1OC)[C@@H]1O[C@H](CO)[C@@H](O)[C@H](O)[C@H]1OC2=O. The molecule has 0 amide bonds. The second-order valence-electron chi connectivity index (χ2n) is 12.0. The first-order valence-corrected chi connectivity index (χ1v) is 16.8. The maximum Gasteiger partial charge on any atom is 0.339 e. The number of rotatable bonds is 22. The molecule has 0 bridgehead atoms. The fraction of sp³-hybridized carbons (Fsp3) is 0.794. The highest BCUT2D eigenvalue weighted by atomic mass is 16.6. The van der Waals surface area contributed by atoms with Crippen LogP contribution in [-0.4, -0.2) is 72.6 Å². The molecule has 0 radical (unpaired) electrons. The van der Waals surface area contributed by atoms with Gasteiger partial charge in [0, 0.05) is 5.56 Å². The number of hydrogen-bond donors (Lipinski definition) is 3. The molecule has 0 aliphatic carbocycles. The topological polar surface area (TPSA) is 124 Å². The highest BCUT2D eigenvalue weighted by Crippen LogP contribution is 2.51. The summed E-state index contributed by atoms with van der Waals surface area (Å²) >= 11 is 0. The van der Waals surface area contributed by atoms with Crippen LogP contribution in [0.1, 0.15) is 139 Å². The molecular formula is C34H56O9. The molecule has 246 valence electrons. The predicted molar refractivity (Wildman–Crippen MR) is 165 cm³/mol. The molecule has 2 heterocycles. The molecule has 1 aromatic carbocycles. The second-order valence-corrected chi connectivity index (χ2v) is 12.0. The first-order valence-electron chi connectivity index (χ1n) is 16.8. The van der Waals surface area contributed by atoms with Gasteiger partial charge >= 0.3 is 5.97 Å². The number of ether oxygens (including phenoxy) is 5. The molecule has 9 nitrogen and oxygen atoms in total. The number of methoxy groups -OCH3 is 1. The molecule has 1 aromatic rings. The number of unbranched alkanes of at least 4 members (excludes halogenated alkanes) is 14. The van der Waals surface area contributed by atoms with Crippen molar-refractivity contribution in [3.63, 3.8) is 0 Å². The summed E-state index contributed by atoms with van der Waals surface area (Å²) in [5, 5.41) is 31.0. The van der Waals surface area contributed by atoms with Gasteiger partial charge in [0.25, 0.3) is 0 Å². The number of fused-ring (bicyclic) bond motifs is 3.